The van der Waals surface area contributed by atoms with E-state index in [-0.39, 0.29) is 5.91 Å². The van der Waals surface area contributed by atoms with Gasteiger partial charge in [-0.3, -0.25) is 4.79 Å². The van der Waals surface area contributed by atoms with Gasteiger partial charge in [-0.25, -0.2) is 9.97 Å². The molecule has 23 heavy (non-hydrogen) atoms. The molecule has 0 unspecified atom stereocenters. The van der Waals surface area contributed by atoms with E-state index in [2.05, 4.69) is 15.3 Å². The lowest BCUT2D eigenvalue weighted by molar-refractivity contribution is -0.119. The van der Waals surface area contributed by atoms with Gasteiger partial charge < -0.3 is 14.8 Å². The molecule has 0 aliphatic carbocycles. The molecule has 2 aromatic heterocycles. The highest BCUT2D eigenvalue weighted by Crippen LogP contribution is 2.27. The highest BCUT2D eigenvalue weighted by atomic mass is 32.1. The third kappa shape index (κ3) is 3.68. The SMILES string of the molecule is Cc1nccn1CCNC(=O)CN(C)c1nc2ccccc2s1. The summed E-state index contributed by atoms with van der Waals surface area (Å²) < 4.78 is 3.14. The summed E-state index contributed by atoms with van der Waals surface area (Å²) >= 11 is 1.59. The molecule has 120 valence electrons. The fraction of sp³-hybridized carbons (Fsp3) is 0.312. The van der Waals surface area contributed by atoms with Crippen LogP contribution in [0.5, 0.6) is 0 Å². The summed E-state index contributed by atoms with van der Waals surface area (Å²) in [5.74, 6) is 0.940. The predicted octanol–water partition coefficient (Wildman–Crippen LogP) is 2.05. The Labute approximate surface area is 138 Å². The van der Waals surface area contributed by atoms with E-state index in [1.54, 1.807) is 17.5 Å². The van der Waals surface area contributed by atoms with E-state index in [4.69, 9.17) is 0 Å². The van der Waals surface area contributed by atoms with E-state index in [1.807, 2.05) is 53.9 Å². The third-order valence-corrected chi connectivity index (χ3v) is 4.74. The minimum Gasteiger partial charge on any atom is -0.353 e. The van der Waals surface area contributed by atoms with Crippen molar-refractivity contribution < 1.29 is 4.79 Å². The Morgan fingerprint density at radius 3 is 2.96 bits per heavy atom. The zero-order chi connectivity index (χ0) is 16.2. The normalized spacial score (nSPS) is 10.9. The maximum Gasteiger partial charge on any atom is 0.239 e. The van der Waals surface area contributed by atoms with Gasteiger partial charge in [0, 0.05) is 32.5 Å². The largest absolute Gasteiger partial charge is 0.353 e. The van der Waals surface area contributed by atoms with Crippen LogP contribution in [-0.2, 0) is 11.3 Å². The number of para-hydroxylation sites is 1. The number of nitrogens with one attached hydrogen (secondary N) is 1. The Bertz CT molecular complexity index is 777. The van der Waals surface area contributed by atoms with Crippen molar-refractivity contribution in [2.45, 2.75) is 13.5 Å². The minimum atomic E-state index is -0.00970. The molecule has 0 saturated heterocycles. The second-order valence-electron chi connectivity index (χ2n) is 5.34. The lowest BCUT2D eigenvalue weighted by atomic mass is 10.3. The molecule has 0 radical (unpaired) electrons. The molecule has 0 bridgehead atoms. The summed E-state index contributed by atoms with van der Waals surface area (Å²) in [6.07, 6.45) is 3.67. The van der Waals surface area contributed by atoms with Gasteiger partial charge in [-0.15, -0.1) is 0 Å². The van der Waals surface area contributed by atoms with Gasteiger partial charge >= 0.3 is 0 Å². The van der Waals surface area contributed by atoms with Gasteiger partial charge in [-0.05, 0) is 19.1 Å². The Hall–Kier alpha value is -2.41. The first kappa shape index (κ1) is 15.5. The van der Waals surface area contributed by atoms with Gasteiger partial charge in [0.05, 0.1) is 16.8 Å². The van der Waals surface area contributed by atoms with Crippen LogP contribution in [0.4, 0.5) is 5.13 Å². The molecule has 0 fully saturated rings. The van der Waals surface area contributed by atoms with E-state index < -0.39 is 0 Å². The molecule has 3 rings (SSSR count). The van der Waals surface area contributed by atoms with Crippen molar-refractivity contribution in [2.24, 2.45) is 0 Å². The van der Waals surface area contributed by atoms with Crippen molar-refractivity contribution in [1.29, 1.82) is 0 Å². The molecular weight excluding hydrogens is 310 g/mol. The van der Waals surface area contributed by atoms with Crippen molar-refractivity contribution in [2.75, 3.05) is 25.0 Å². The smallest absolute Gasteiger partial charge is 0.239 e. The van der Waals surface area contributed by atoms with Crippen LogP contribution in [0.25, 0.3) is 10.2 Å². The Morgan fingerprint density at radius 1 is 1.39 bits per heavy atom. The number of amides is 1. The molecule has 7 heteroatoms. The monoisotopic (exact) mass is 329 g/mol. The molecule has 2 heterocycles. The van der Waals surface area contributed by atoms with Gasteiger partial charge in [0.1, 0.15) is 5.82 Å². The average molecular weight is 329 g/mol. The van der Waals surface area contributed by atoms with Gasteiger partial charge in [0.25, 0.3) is 0 Å². The number of carbonyl (C=O) groups excluding carboxylic acids is 1. The molecule has 3 aromatic rings. The van der Waals surface area contributed by atoms with Crippen molar-refractivity contribution in [3.05, 3.63) is 42.5 Å². The summed E-state index contributed by atoms with van der Waals surface area (Å²) in [6.45, 7) is 3.55. The van der Waals surface area contributed by atoms with Crippen molar-refractivity contribution in [1.82, 2.24) is 19.9 Å². The van der Waals surface area contributed by atoms with Crippen LogP contribution < -0.4 is 10.2 Å². The summed E-state index contributed by atoms with van der Waals surface area (Å²) in [5, 5.41) is 3.78. The van der Waals surface area contributed by atoms with E-state index in [9.17, 15) is 4.79 Å². The lowest BCUT2D eigenvalue weighted by Crippen LogP contribution is -2.36. The molecule has 1 aromatic carbocycles. The van der Waals surface area contributed by atoms with Crippen LogP contribution in [-0.4, -0.2) is 40.6 Å². The second-order valence-corrected chi connectivity index (χ2v) is 6.35. The van der Waals surface area contributed by atoms with E-state index in [0.29, 0.717) is 13.1 Å². The Kier molecular flexibility index (Phi) is 4.57. The Balaban J connectivity index is 1.51. The van der Waals surface area contributed by atoms with Crippen molar-refractivity contribution in [3.8, 4) is 0 Å². The number of nitrogens with zero attached hydrogens (tertiary/aromatic N) is 4. The first-order valence-corrected chi connectivity index (χ1v) is 8.26. The number of rotatable bonds is 6. The van der Waals surface area contributed by atoms with Gasteiger partial charge in [0.15, 0.2) is 5.13 Å². The quantitative estimate of drug-likeness (QED) is 0.752. The lowest BCUT2D eigenvalue weighted by Gasteiger charge is -2.15. The maximum absolute atomic E-state index is 12.1. The van der Waals surface area contributed by atoms with Crippen LogP contribution in [0.3, 0.4) is 0 Å². The first-order valence-electron chi connectivity index (χ1n) is 7.44. The molecule has 1 amide bonds. The van der Waals surface area contributed by atoms with E-state index in [0.717, 1.165) is 27.7 Å². The summed E-state index contributed by atoms with van der Waals surface area (Å²) in [7, 11) is 1.89. The fourth-order valence-electron chi connectivity index (χ4n) is 2.32. The zero-order valence-corrected chi connectivity index (χ0v) is 14.0. The topological polar surface area (TPSA) is 63.1 Å². The van der Waals surface area contributed by atoms with Crippen LogP contribution >= 0.6 is 11.3 Å². The third-order valence-electron chi connectivity index (χ3n) is 3.59. The van der Waals surface area contributed by atoms with Crippen LogP contribution in [0, 0.1) is 6.92 Å². The Morgan fingerprint density at radius 2 is 2.22 bits per heavy atom. The molecular formula is C16H19N5OS. The van der Waals surface area contributed by atoms with Crippen molar-refractivity contribution >= 4 is 32.6 Å². The number of hydrogen-bond donors (Lipinski definition) is 1. The number of fused-ring (bicyclic) bond motifs is 1. The number of aromatic nitrogens is 3. The zero-order valence-electron chi connectivity index (χ0n) is 13.2. The molecule has 0 spiro atoms. The number of hydrogen-bond acceptors (Lipinski definition) is 5. The van der Waals surface area contributed by atoms with Gasteiger partial charge in [0.2, 0.25) is 5.91 Å². The summed E-state index contributed by atoms with van der Waals surface area (Å²) in [6, 6.07) is 7.99. The number of imidazole rings is 1. The highest BCUT2D eigenvalue weighted by Gasteiger charge is 2.11. The second kappa shape index (κ2) is 6.78. The van der Waals surface area contributed by atoms with Crippen LogP contribution in [0.1, 0.15) is 5.82 Å². The molecule has 0 atom stereocenters. The fourth-order valence-corrected chi connectivity index (χ4v) is 3.24. The first-order chi connectivity index (χ1) is 11.1. The van der Waals surface area contributed by atoms with E-state index >= 15 is 0 Å². The maximum atomic E-state index is 12.1. The summed E-state index contributed by atoms with van der Waals surface area (Å²) in [5.41, 5.74) is 0.968. The molecule has 1 N–H and O–H groups in total. The standard InChI is InChI=1S/C16H19N5OS/c1-12-17-7-9-21(12)10-8-18-15(22)11-20(2)16-19-13-5-3-4-6-14(13)23-16/h3-7,9H,8,10-11H2,1-2H3,(H,18,22). The number of aryl methyl sites for hydroxylation is 1. The number of carbonyl (C=O) groups is 1. The van der Waals surface area contributed by atoms with Crippen LogP contribution in [0.2, 0.25) is 0 Å². The predicted molar refractivity (Wildman–Crippen MR) is 92.9 cm³/mol. The van der Waals surface area contributed by atoms with E-state index in [1.165, 1.54) is 0 Å². The average Bonchev–Trinajstić information content (AvgIpc) is 3.13. The molecule has 0 saturated carbocycles. The molecule has 0 aliphatic rings. The number of likely N-dealkylation sites (N-methyl/N-ethyl adjacent to an activating group) is 1. The van der Waals surface area contributed by atoms with Gasteiger partial charge in [-0.1, -0.05) is 23.5 Å². The minimum absolute atomic E-state index is 0.00970. The van der Waals surface area contributed by atoms with Crippen LogP contribution in [0.15, 0.2) is 36.7 Å². The van der Waals surface area contributed by atoms with Gasteiger partial charge in [-0.2, -0.15) is 0 Å². The number of anilines is 1. The van der Waals surface area contributed by atoms with Crippen molar-refractivity contribution in [3.63, 3.8) is 0 Å². The molecule has 0 aliphatic heterocycles. The number of benzene rings is 1. The number of thiazole rings is 1. The summed E-state index contributed by atoms with van der Waals surface area (Å²) in [4.78, 5) is 22.6. The molecule has 6 nitrogen and oxygen atoms in total. The highest BCUT2D eigenvalue weighted by molar-refractivity contribution is 7.22.